The zero-order chi connectivity index (χ0) is 11.4. The summed E-state index contributed by atoms with van der Waals surface area (Å²) < 4.78 is 38.3. The summed E-state index contributed by atoms with van der Waals surface area (Å²) in [6, 6.07) is 1.77. The lowest BCUT2D eigenvalue weighted by Crippen LogP contribution is -2.20. The number of hydrogen-bond acceptors (Lipinski definition) is 2. The normalized spacial score (nSPS) is 10.4. The van der Waals surface area contributed by atoms with E-state index < -0.39 is 29.7 Å². The van der Waals surface area contributed by atoms with E-state index in [2.05, 4.69) is 5.32 Å². The second-order valence-electron chi connectivity index (χ2n) is 3.03. The number of benzene rings is 1. The Hall–Kier alpha value is -1.36. The Balaban J connectivity index is 3.15. The van der Waals surface area contributed by atoms with Gasteiger partial charge in [-0.05, 0) is 24.7 Å². The highest BCUT2D eigenvalue weighted by molar-refractivity contribution is 5.98. The Morgan fingerprint density at radius 3 is 2.60 bits per heavy atom. The lowest BCUT2D eigenvalue weighted by Gasteiger charge is -2.05. The minimum atomic E-state index is -1.23. The van der Waals surface area contributed by atoms with E-state index in [1.807, 2.05) is 0 Å². The van der Waals surface area contributed by atoms with Crippen molar-refractivity contribution in [3.8, 4) is 0 Å². The molecule has 0 radical (unpaired) electrons. The number of carbonyl (C=O) groups is 1. The first-order valence-electron chi connectivity index (χ1n) is 4.31. The molecule has 0 heterocycles. The van der Waals surface area contributed by atoms with Crippen molar-refractivity contribution in [2.24, 2.45) is 0 Å². The molecule has 0 atom stereocenters. The molecule has 0 amide bonds. The van der Waals surface area contributed by atoms with Crippen LogP contribution < -0.4 is 5.32 Å². The minimum absolute atomic E-state index is 0.0478. The van der Waals surface area contributed by atoms with Crippen molar-refractivity contribution in [3.63, 3.8) is 0 Å². The molecule has 0 spiro atoms. The van der Waals surface area contributed by atoms with Gasteiger partial charge in [0.2, 0.25) is 0 Å². The molecule has 0 saturated carbocycles. The molecule has 1 aromatic carbocycles. The van der Waals surface area contributed by atoms with Crippen LogP contribution in [0.15, 0.2) is 12.1 Å². The summed E-state index contributed by atoms with van der Waals surface area (Å²) in [5.74, 6) is -3.04. The fourth-order valence-corrected chi connectivity index (χ4v) is 1.18. The van der Waals surface area contributed by atoms with Crippen LogP contribution in [-0.2, 0) is 6.67 Å². The third-order valence-corrected chi connectivity index (χ3v) is 1.88. The zero-order valence-electron chi connectivity index (χ0n) is 8.11. The van der Waals surface area contributed by atoms with Crippen molar-refractivity contribution in [3.05, 3.63) is 34.9 Å². The quantitative estimate of drug-likeness (QED) is 0.779. The van der Waals surface area contributed by atoms with Crippen LogP contribution in [-0.4, -0.2) is 19.4 Å². The van der Waals surface area contributed by atoms with Gasteiger partial charge >= 0.3 is 0 Å². The number of nitrogens with one attached hydrogen (secondary N) is 1. The van der Waals surface area contributed by atoms with Gasteiger partial charge in [0.15, 0.2) is 17.4 Å². The third kappa shape index (κ3) is 2.56. The molecule has 0 unspecified atom stereocenters. The fourth-order valence-electron chi connectivity index (χ4n) is 1.18. The number of ketones is 1. The van der Waals surface area contributed by atoms with Gasteiger partial charge in [-0.2, -0.15) is 0 Å². The van der Waals surface area contributed by atoms with E-state index in [1.165, 1.54) is 7.05 Å². The largest absolute Gasteiger partial charge is 0.313 e. The van der Waals surface area contributed by atoms with E-state index in [1.54, 1.807) is 0 Å². The Morgan fingerprint density at radius 2 is 2.07 bits per heavy atom. The molecule has 2 nitrogen and oxygen atoms in total. The van der Waals surface area contributed by atoms with Gasteiger partial charge in [0.05, 0.1) is 12.1 Å². The number of Topliss-reactive ketones (excluding diaryl/α,β-unsaturated/α-hetero) is 1. The van der Waals surface area contributed by atoms with E-state index in [0.29, 0.717) is 0 Å². The molecule has 0 aliphatic carbocycles. The molecule has 0 aliphatic heterocycles. The summed E-state index contributed by atoms with van der Waals surface area (Å²) in [6.07, 6.45) is 0. The second kappa shape index (κ2) is 4.93. The topological polar surface area (TPSA) is 29.1 Å². The maximum Gasteiger partial charge on any atom is 0.179 e. The standard InChI is InChI=1S/C10H10F3NO/c1-14-5-9(15)7-2-6(4-11)3-8(12)10(7)13/h2-3,14H,4-5H2,1H3. The van der Waals surface area contributed by atoms with E-state index in [-0.39, 0.29) is 12.1 Å². The van der Waals surface area contributed by atoms with Crippen LogP contribution in [0.25, 0.3) is 0 Å². The Kier molecular flexibility index (Phi) is 3.85. The summed E-state index contributed by atoms with van der Waals surface area (Å²) in [7, 11) is 1.51. The van der Waals surface area contributed by atoms with Gasteiger partial charge in [0.1, 0.15) is 6.67 Å². The van der Waals surface area contributed by atoms with Crippen molar-refractivity contribution in [1.82, 2.24) is 5.32 Å². The highest BCUT2D eigenvalue weighted by Gasteiger charge is 2.16. The molecule has 0 aromatic heterocycles. The average Bonchev–Trinajstić information content (AvgIpc) is 2.22. The van der Waals surface area contributed by atoms with Crippen molar-refractivity contribution >= 4 is 5.78 Å². The van der Waals surface area contributed by atoms with Crippen LogP contribution in [0, 0.1) is 11.6 Å². The van der Waals surface area contributed by atoms with Crippen LogP contribution in [0.3, 0.4) is 0 Å². The van der Waals surface area contributed by atoms with E-state index in [4.69, 9.17) is 0 Å². The molecule has 15 heavy (non-hydrogen) atoms. The van der Waals surface area contributed by atoms with Gasteiger partial charge in [-0.15, -0.1) is 0 Å². The van der Waals surface area contributed by atoms with Crippen LogP contribution in [0.4, 0.5) is 13.2 Å². The van der Waals surface area contributed by atoms with Gasteiger partial charge in [-0.1, -0.05) is 0 Å². The van der Waals surface area contributed by atoms with Crippen molar-refractivity contribution in [2.75, 3.05) is 13.6 Å². The monoisotopic (exact) mass is 217 g/mol. The maximum absolute atomic E-state index is 13.1. The van der Waals surface area contributed by atoms with Crippen molar-refractivity contribution < 1.29 is 18.0 Å². The number of halogens is 3. The molecule has 5 heteroatoms. The van der Waals surface area contributed by atoms with Gasteiger partial charge in [0, 0.05) is 0 Å². The fraction of sp³-hybridized carbons (Fsp3) is 0.300. The first-order chi connectivity index (χ1) is 7.10. The predicted octanol–water partition coefficient (Wildman–Crippen LogP) is 1.84. The number of rotatable bonds is 4. The van der Waals surface area contributed by atoms with E-state index in [9.17, 15) is 18.0 Å². The van der Waals surface area contributed by atoms with E-state index in [0.717, 1.165) is 12.1 Å². The van der Waals surface area contributed by atoms with Crippen LogP contribution in [0.1, 0.15) is 15.9 Å². The average molecular weight is 217 g/mol. The molecular weight excluding hydrogens is 207 g/mol. The summed E-state index contributed by atoms with van der Waals surface area (Å²) in [5, 5.41) is 2.52. The first kappa shape index (κ1) is 11.7. The molecule has 82 valence electrons. The number of likely N-dealkylation sites (N-methyl/N-ethyl adjacent to an activating group) is 1. The number of alkyl halides is 1. The van der Waals surface area contributed by atoms with Gasteiger partial charge in [-0.3, -0.25) is 4.79 Å². The Labute approximate surface area is 85.1 Å². The van der Waals surface area contributed by atoms with Crippen molar-refractivity contribution in [2.45, 2.75) is 6.67 Å². The van der Waals surface area contributed by atoms with E-state index >= 15 is 0 Å². The third-order valence-electron chi connectivity index (χ3n) is 1.88. The smallest absolute Gasteiger partial charge is 0.179 e. The molecule has 1 N–H and O–H groups in total. The minimum Gasteiger partial charge on any atom is -0.313 e. The van der Waals surface area contributed by atoms with Gasteiger partial charge in [0.25, 0.3) is 0 Å². The van der Waals surface area contributed by atoms with Gasteiger partial charge < -0.3 is 5.32 Å². The van der Waals surface area contributed by atoms with Gasteiger partial charge in [-0.25, -0.2) is 13.2 Å². The first-order valence-corrected chi connectivity index (χ1v) is 4.31. The predicted molar refractivity (Wildman–Crippen MR) is 49.4 cm³/mol. The zero-order valence-corrected chi connectivity index (χ0v) is 8.11. The van der Waals surface area contributed by atoms with Crippen molar-refractivity contribution in [1.29, 1.82) is 0 Å². The highest BCUT2D eigenvalue weighted by Crippen LogP contribution is 2.16. The Bertz CT molecular complexity index is 379. The summed E-state index contributed by atoms with van der Waals surface area (Å²) in [5.41, 5.74) is -0.467. The molecule has 1 aromatic rings. The molecular formula is C10H10F3NO. The Morgan fingerprint density at radius 1 is 1.40 bits per heavy atom. The second-order valence-corrected chi connectivity index (χ2v) is 3.03. The molecule has 0 saturated heterocycles. The number of hydrogen-bond donors (Lipinski definition) is 1. The van der Waals surface area contributed by atoms with Crippen LogP contribution in [0.2, 0.25) is 0 Å². The van der Waals surface area contributed by atoms with Crippen LogP contribution in [0.5, 0.6) is 0 Å². The molecule has 0 fully saturated rings. The molecule has 0 bridgehead atoms. The van der Waals surface area contributed by atoms with Crippen LogP contribution >= 0.6 is 0 Å². The molecule has 1 rings (SSSR count). The number of carbonyl (C=O) groups excluding carboxylic acids is 1. The highest BCUT2D eigenvalue weighted by atomic mass is 19.2. The lowest BCUT2D eigenvalue weighted by atomic mass is 10.1. The summed E-state index contributed by atoms with van der Waals surface area (Å²) >= 11 is 0. The SMILES string of the molecule is CNCC(=O)c1cc(CF)cc(F)c1F. The summed E-state index contributed by atoms with van der Waals surface area (Å²) in [4.78, 5) is 11.3. The maximum atomic E-state index is 13.1. The summed E-state index contributed by atoms with van der Waals surface area (Å²) in [6.45, 7) is -1.05. The lowest BCUT2D eigenvalue weighted by molar-refractivity contribution is 0.0988. The molecule has 0 aliphatic rings.